The summed E-state index contributed by atoms with van der Waals surface area (Å²) in [5, 5.41) is 23.1. The van der Waals surface area contributed by atoms with Crippen LogP contribution in [0.1, 0.15) is 45.8 Å². The number of rotatable bonds is 11. The van der Waals surface area contributed by atoms with Gasteiger partial charge < -0.3 is 33.8 Å². The van der Waals surface area contributed by atoms with E-state index in [1.165, 1.54) is 11.0 Å². The Morgan fingerprint density at radius 3 is 2.52 bits per heavy atom. The summed E-state index contributed by atoms with van der Waals surface area (Å²) in [7, 11) is 0. The second-order valence-electron chi connectivity index (χ2n) is 7.17. The molecule has 0 unspecified atom stereocenters. The molecule has 2 heterocycles. The molecule has 164 valence electrons. The maximum absolute atomic E-state index is 13.1. The highest BCUT2D eigenvalue weighted by molar-refractivity contribution is 5.88. The van der Waals surface area contributed by atoms with E-state index >= 15 is 0 Å². The molecule has 2 N–H and O–H groups in total. The summed E-state index contributed by atoms with van der Waals surface area (Å²) in [5.41, 5.74) is 0. The van der Waals surface area contributed by atoms with Gasteiger partial charge in [0.1, 0.15) is 18.6 Å². The molecule has 0 aromatic carbocycles. The van der Waals surface area contributed by atoms with Gasteiger partial charge >= 0.3 is 5.97 Å². The van der Waals surface area contributed by atoms with Crippen LogP contribution in [0.4, 0.5) is 0 Å². The molecule has 0 saturated carbocycles. The zero-order valence-corrected chi connectivity index (χ0v) is 17.2. The zero-order chi connectivity index (χ0) is 21.6. The summed E-state index contributed by atoms with van der Waals surface area (Å²) < 4.78 is 21.7. The van der Waals surface area contributed by atoms with Crippen molar-refractivity contribution in [2.45, 2.75) is 58.5 Å². The third-order valence-electron chi connectivity index (χ3n) is 4.67. The van der Waals surface area contributed by atoms with Crippen molar-refractivity contribution in [3.63, 3.8) is 0 Å². The molecule has 3 atom stereocenters. The molecule has 29 heavy (non-hydrogen) atoms. The molecular weight excluding hydrogens is 384 g/mol. The van der Waals surface area contributed by atoms with Crippen molar-refractivity contribution in [2.75, 3.05) is 26.4 Å². The molecule has 1 amide bonds. The van der Waals surface area contributed by atoms with Crippen LogP contribution < -0.4 is 4.74 Å². The number of carboxylic acids is 1. The Kier molecular flexibility index (Phi) is 8.42. The average molecular weight is 414 g/mol. The molecule has 0 radical (unpaired) electrons. The molecule has 1 saturated heterocycles. The van der Waals surface area contributed by atoms with E-state index < -0.39 is 36.2 Å². The van der Waals surface area contributed by atoms with Gasteiger partial charge in [-0.1, -0.05) is 13.8 Å². The number of carboxylic acid groups (broad SMARTS) is 1. The predicted octanol–water partition coefficient (Wildman–Crippen LogP) is 1.24. The van der Waals surface area contributed by atoms with Gasteiger partial charge in [-0.05, 0) is 24.9 Å². The number of aliphatic hydroxyl groups is 1. The quantitative estimate of drug-likeness (QED) is 0.513. The van der Waals surface area contributed by atoms with Crippen molar-refractivity contribution in [1.82, 2.24) is 10.1 Å². The van der Waals surface area contributed by atoms with Crippen LogP contribution in [0.25, 0.3) is 0 Å². The fraction of sp³-hybridized carbons (Fsp3) is 0.737. The van der Waals surface area contributed by atoms with E-state index in [2.05, 4.69) is 5.16 Å². The van der Waals surface area contributed by atoms with E-state index in [0.29, 0.717) is 13.2 Å². The second kappa shape index (κ2) is 10.6. The predicted molar refractivity (Wildman–Crippen MR) is 100 cm³/mol. The van der Waals surface area contributed by atoms with Gasteiger partial charge in [0.05, 0.1) is 6.10 Å². The molecule has 1 aliphatic rings. The lowest BCUT2D eigenvalue weighted by Crippen LogP contribution is -2.44. The first-order valence-electron chi connectivity index (χ1n) is 9.82. The lowest BCUT2D eigenvalue weighted by atomic mass is 9.91. The highest BCUT2D eigenvalue weighted by Gasteiger charge is 2.43. The van der Waals surface area contributed by atoms with Crippen LogP contribution >= 0.6 is 0 Å². The van der Waals surface area contributed by atoms with E-state index in [1.54, 1.807) is 0 Å². The van der Waals surface area contributed by atoms with Crippen molar-refractivity contribution in [3.8, 4) is 5.88 Å². The average Bonchev–Trinajstić information content (AvgIpc) is 3.26. The van der Waals surface area contributed by atoms with Gasteiger partial charge in [0.15, 0.2) is 12.1 Å². The SMILES string of the molecule is CCOC(COc1cc([C@H](C(=O)N2C[C@H](O)C[C@H]2C(=O)O)C(C)C)on1)OCC. The molecule has 1 fully saturated rings. The van der Waals surface area contributed by atoms with E-state index in [1.807, 2.05) is 27.7 Å². The lowest BCUT2D eigenvalue weighted by molar-refractivity contribution is -0.153. The number of β-amino-alcohol motifs (C(OH)–C–C–N with tert-alkyl or cyclic N) is 1. The normalized spacial score (nSPS) is 20.4. The molecule has 2 rings (SSSR count). The van der Waals surface area contributed by atoms with Gasteiger partial charge in [-0.3, -0.25) is 4.79 Å². The maximum Gasteiger partial charge on any atom is 0.326 e. The minimum Gasteiger partial charge on any atom is -0.480 e. The molecule has 0 spiro atoms. The number of carbonyl (C=O) groups is 2. The van der Waals surface area contributed by atoms with E-state index in [9.17, 15) is 19.8 Å². The minimum atomic E-state index is -1.14. The Balaban J connectivity index is 2.11. The number of aromatic nitrogens is 1. The van der Waals surface area contributed by atoms with Crippen molar-refractivity contribution < 1.29 is 38.5 Å². The summed E-state index contributed by atoms with van der Waals surface area (Å²) in [4.78, 5) is 25.7. The van der Waals surface area contributed by atoms with Crippen LogP contribution in [0.15, 0.2) is 10.6 Å². The highest BCUT2D eigenvalue weighted by Crippen LogP contribution is 2.32. The fourth-order valence-corrected chi connectivity index (χ4v) is 3.36. The number of ether oxygens (including phenoxy) is 3. The van der Waals surface area contributed by atoms with Crippen molar-refractivity contribution in [2.24, 2.45) is 5.92 Å². The Morgan fingerprint density at radius 1 is 1.31 bits per heavy atom. The molecular formula is C19H30N2O8. The third-order valence-corrected chi connectivity index (χ3v) is 4.67. The Morgan fingerprint density at radius 2 is 1.97 bits per heavy atom. The monoisotopic (exact) mass is 414 g/mol. The zero-order valence-electron chi connectivity index (χ0n) is 17.2. The molecule has 10 nitrogen and oxygen atoms in total. The van der Waals surface area contributed by atoms with Crippen LogP contribution in [0.3, 0.4) is 0 Å². The first kappa shape index (κ1) is 23.1. The first-order chi connectivity index (χ1) is 13.8. The number of carbonyl (C=O) groups excluding carboxylic acids is 1. The summed E-state index contributed by atoms with van der Waals surface area (Å²) in [6, 6.07) is 0.454. The minimum absolute atomic E-state index is 0.00685. The van der Waals surface area contributed by atoms with Gasteiger partial charge in [0.2, 0.25) is 5.91 Å². The van der Waals surface area contributed by atoms with Gasteiger partial charge in [-0.15, -0.1) is 0 Å². The second-order valence-corrected chi connectivity index (χ2v) is 7.17. The summed E-state index contributed by atoms with van der Waals surface area (Å²) in [5.74, 6) is -2.05. The number of hydrogen-bond acceptors (Lipinski definition) is 8. The highest BCUT2D eigenvalue weighted by atomic mass is 16.7. The number of amides is 1. The largest absolute Gasteiger partial charge is 0.480 e. The topological polar surface area (TPSA) is 132 Å². The molecule has 1 aliphatic heterocycles. The Hall–Kier alpha value is -2.17. The van der Waals surface area contributed by atoms with Crippen LogP contribution in [0, 0.1) is 5.92 Å². The van der Waals surface area contributed by atoms with Crippen molar-refractivity contribution >= 4 is 11.9 Å². The third kappa shape index (κ3) is 5.91. The number of aliphatic carboxylic acids is 1. The van der Waals surface area contributed by atoms with Crippen LogP contribution in [0.2, 0.25) is 0 Å². The molecule has 10 heteroatoms. The van der Waals surface area contributed by atoms with Crippen LogP contribution in [-0.2, 0) is 19.1 Å². The Bertz CT molecular complexity index is 671. The fourth-order valence-electron chi connectivity index (χ4n) is 3.36. The maximum atomic E-state index is 13.1. The number of nitrogens with zero attached hydrogens (tertiary/aromatic N) is 2. The number of hydrogen-bond donors (Lipinski definition) is 2. The molecule has 1 aromatic rings. The van der Waals surface area contributed by atoms with Gasteiger partial charge in [0, 0.05) is 32.2 Å². The van der Waals surface area contributed by atoms with Crippen LogP contribution in [0.5, 0.6) is 5.88 Å². The van der Waals surface area contributed by atoms with E-state index in [-0.39, 0.29) is 37.1 Å². The molecule has 0 aliphatic carbocycles. The van der Waals surface area contributed by atoms with E-state index in [0.717, 1.165) is 0 Å². The Labute approximate surface area is 169 Å². The smallest absolute Gasteiger partial charge is 0.326 e. The van der Waals surface area contributed by atoms with Crippen LogP contribution in [-0.4, -0.2) is 76.9 Å². The van der Waals surface area contributed by atoms with Gasteiger partial charge in [-0.2, -0.15) is 0 Å². The van der Waals surface area contributed by atoms with Crippen molar-refractivity contribution in [1.29, 1.82) is 0 Å². The molecule has 1 aromatic heterocycles. The standard InChI is InChI=1S/C19H30N2O8/c1-5-26-16(27-6-2)10-28-15-8-14(29-20-15)17(11(3)4)18(23)21-9-12(22)7-13(21)19(24)25/h8,11-13,16-17,22H,5-7,9-10H2,1-4H3,(H,24,25)/t12-,13+,17-/m1/s1. The lowest BCUT2D eigenvalue weighted by Gasteiger charge is -2.27. The summed E-state index contributed by atoms with van der Waals surface area (Å²) in [6.45, 7) is 8.36. The van der Waals surface area contributed by atoms with Crippen molar-refractivity contribution in [3.05, 3.63) is 11.8 Å². The molecule has 0 bridgehead atoms. The summed E-state index contributed by atoms with van der Waals surface area (Å²) >= 11 is 0. The van der Waals surface area contributed by atoms with E-state index in [4.69, 9.17) is 18.7 Å². The number of likely N-dealkylation sites (tertiary alicyclic amines) is 1. The first-order valence-corrected chi connectivity index (χ1v) is 9.82. The summed E-state index contributed by atoms with van der Waals surface area (Å²) in [6.07, 6.45) is -1.40. The van der Waals surface area contributed by atoms with Gasteiger partial charge in [-0.25, -0.2) is 4.79 Å². The number of aliphatic hydroxyl groups excluding tert-OH is 1. The van der Waals surface area contributed by atoms with Gasteiger partial charge in [0.25, 0.3) is 5.88 Å².